The molecule has 2 nitrogen and oxygen atoms in total. The molecule has 0 atom stereocenters. The molecule has 0 bridgehead atoms. The average molecular weight is 1010 g/mol. The van der Waals surface area contributed by atoms with Gasteiger partial charge in [-0.2, -0.15) is 0 Å². The average Bonchev–Trinajstić information content (AvgIpc) is 4.25. The molecule has 4 aliphatic carbocycles. The van der Waals surface area contributed by atoms with E-state index in [9.17, 15) is 0 Å². The van der Waals surface area contributed by atoms with Crippen LogP contribution in [0.5, 0.6) is 0 Å². The largest absolute Gasteiger partial charge is 0.310 e. The maximum absolute atomic E-state index is 2.48. The van der Waals surface area contributed by atoms with E-state index in [-0.39, 0.29) is 21.7 Å². The topological polar surface area (TPSA) is 6.48 Å². The molecule has 0 heterocycles. The Morgan fingerprint density at radius 3 is 0.846 bits per heavy atom. The van der Waals surface area contributed by atoms with Crippen LogP contribution in [0.2, 0.25) is 0 Å². The van der Waals surface area contributed by atoms with Gasteiger partial charge in [-0.15, -0.1) is 0 Å². The summed E-state index contributed by atoms with van der Waals surface area (Å²) in [4.78, 5) is 4.96. The molecule has 0 aromatic heterocycles. The molecule has 2 heteroatoms. The minimum Gasteiger partial charge on any atom is -0.310 e. The molecular weight excluding hydrogens is 941 g/mol. The van der Waals surface area contributed by atoms with E-state index in [0.717, 1.165) is 0 Å². The van der Waals surface area contributed by atoms with Crippen LogP contribution in [0.4, 0.5) is 34.1 Å². The van der Waals surface area contributed by atoms with Gasteiger partial charge in [0.05, 0.1) is 0 Å². The number of rotatable bonds is 8. The van der Waals surface area contributed by atoms with Crippen molar-refractivity contribution in [3.05, 3.63) is 273 Å². The molecule has 14 rings (SSSR count). The lowest BCUT2D eigenvalue weighted by molar-refractivity contribution is 0.659. The Balaban J connectivity index is 0.765. The van der Waals surface area contributed by atoms with E-state index < -0.39 is 0 Å². The second-order valence-corrected chi connectivity index (χ2v) is 24.7. The first-order chi connectivity index (χ1) is 37.5. The summed E-state index contributed by atoms with van der Waals surface area (Å²) in [6.07, 6.45) is 4.62. The van der Waals surface area contributed by atoms with Crippen molar-refractivity contribution in [1.82, 2.24) is 0 Å². The highest BCUT2D eigenvalue weighted by Crippen LogP contribution is 2.56. The van der Waals surface area contributed by atoms with Crippen LogP contribution < -0.4 is 9.80 Å². The third-order valence-electron chi connectivity index (χ3n) is 18.7. The number of aryl methyl sites for hydroxylation is 2. The molecule has 0 fully saturated rings. The quantitative estimate of drug-likeness (QED) is 0.140. The van der Waals surface area contributed by atoms with Crippen LogP contribution in [-0.4, -0.2) is 0 Å². The van der Waals surface area contributed by atoms with Crippen LogP contribution in [0.25, 0.3) is 56.7 Å². The summed E-state index contributed by atoms with van der Waals surface area (Å²) in [6, 6.07) is 78.2. The third-order valence-corrected chi connectivity index (χ3v) is 18.7. The molecule has 0 spiro atoms. The van der Waals surface area contributed by atoms with Crippen LogP contribution >= 0.6 is 0 Å². The van der Waals surface area contributed by atoms with Gasteiger partial charge < -0.3 is 9.80 Å². The summed E-state index contributed by atoms with van der Waals surface area (Å²) >= 11 is 0. The highest BCUT2D eigenvalue weighted by molar-refractivity contribution is 5.92. The van der Waals surface area contributed by atoms with E-state index in [1.165, 1.54) is 145 Å². The van der Waals surface area contributed by atoms with Crippen LogP contribution in [0.1, 0.15) is 122 Å². The number of hydrogen-bond donors (Lipinski definition) is 0. The fourth-order valence-corrected chi connectivity index (χ4v) is 14.3. The number of benzene rings is 10. The molecule has 0 radical (unpaired) electrons. The van der Waals surface area contributed by atoms with Gasteiger partial charge in [0.1, 0.15) is 0 Å². The molecule has 78 heavy (non-hydrogen) atoms. The first kappa shape index (κ1) is 48.0. The fraction of sp³-hybridized carbons (Fsp3) is 0.184. The standard InChI is InChI=1S/C76H66N2/c1-47-19-11-17-25-71(47)77(51-31-37-59-55-21-13-15-23-63(55)73(3,4)67(59)43-51)53-33-39-61-57-35-29-49(41-65(57)75(7,8)69(61)45-53)27-28-50-30-36-58-62-40-34-54(46-70(62)76(9,10)66(58)42-50)78(72-26-18-12-20-48(72)2)52-32-38-60-56-22-14-16-24-64(56)74(5,6)68(60)44-52/h11-46H,1-10H3/b28-27+. The highest BCUT2D eigenvalue weighted by Gasteiger charge is 2.40. The first-order valence-electron chi connectivity index (χ1n) is 28.0. The van der Waals surface area contributed by atoms with Gasteiger partial charge in [0.25, 0.3) is 0 Å². The Morgan fingerprint density at radius 2 is 0.513 bits per heavy atom. The molecule has 0 amide bonds. The second kappa shape index (κ2) is 17.0. The number of para-hydroxylation sites is 2. The van der Waals surface area contributed by atoms with E-state index in [0.29, 0.717) is 0 Å². The summed E-state index contributed by atoms with van der Waals surface area (Å²) in [7, 11) is 0. The Kier molecular flexibility index (Phi) is 10.5. The van der Waals surface area contributed by atoms with Gasteiger partial charge >= 0.3 is 0 Å². The molecule has 0 N–H and O–H groups in total. The van der Waals surface area contributed by atoms with Crippen molar-refractivity contribution < 1.29 is 0 Å². The first-order valence-corrected chi connectivity index (χ1v) is 28.0. The zero-order valence-corrected chi connectivity index (χ0v) is 46.7. The van der Waals surface area contributed by atoms with Crippen molar-refractivity contribution in [1.29, 1.82) is 0 Å². The van der Waals surface area contributed by atoms with Crippen molar-refractivity contribution in [2.75, 3.05) is 9.80 Å². The monoisotopic (exact) mass is 1010 g/mol. The van der Waals surface area contributed by atoms with Crippen molar-refractivity contribution in [2.24, 2.45) is 0 Å². The number of anilines is 6. The summed E-state index contributed by atoms with van der Waals surface area (Å²) in [6.45, 7) is 23.5. The molecule has 0 unspecified atom stereocenters. The SMILES string of the molecule is Cc1ccccc1N(c1ccc2c(c1)C(C)(C)c1ccccc1-2)c1ccc2c(c1)C(C)(C)c1cc(/C=C/c3ccc4c(c3)C(C)(C)c3cc(N(c5ccc6c(c5)C(C)(C)c5ccccc5-6)c5ccccc5C)ccc3-4)ccc1-2. The Hall–Kier alpha value is -8.46. The number of fused-ring (bicyclic) bond motifs is 12. The van der Waals surface area contributed by atoms with E-state index in [1.807, 2.05) is 0 Å². The molecule has 0 aliphatic heterocycles. The Labute approximate surface area is 462 Å². The van der Waals surface area contributed by atoms with Gasteiger partial charge in [-0.1, -0.05) is 213 Å². The van der Waals surface area contributed by atoms with Gasteiger partial charge in [-0.25, -0.2) is 0 Å². The highest BCUT2D eigenvalue weighted by atomic mass is 15.2. The molecule has 0 saturated carbocycles. The van der Waals surface area contributed by atoms with Crippen molar-refractivity contribution in [3.8, 4) is 44.5 Å². The predicted octanol–water partition coefficient (Wildman–Crippen LogP) is 20.6. The zero-order valence-electron chi connectivity index (χ0n) is 46.7. The van der Waals surface area contributed by atoms with Crippen LogP contribution in [0, 0.1) is 13.8 Å². The fourth-order valence-electron chi connectivity index (χ4n) is 14.3. The molecular formula is C76H66N2. The van der Waals surface area contributed by atoms with Crippen LogP contribution in [0.3, 0.4) is 0 Å². The Bertz CT molecular complexity index is 3920. The van der Waals surface area contributed by atoms with E-state index >= 15 is 0 Å². The normalized spacial score (nSPS) is 15.7. The van der Waals surface area contributed by atoms with E-state index in [1.54, 1.807) is 0 Å². The summed E-state index contributed by atoms with van der Waals surface area (Å²) in [5, 5.41) is 0. The maximum Gasteiger partial charge on any atom is 0.0490 e. The minimum atomic E-state index is -0.205. The van der Waals surface area contributed by atoms with Gasteiger partial charge in [0.2, 0.25) is 0 Å². The van der Waals surface area contributed by atoms with E-state index in [4.69, 9.17) is 0 Å². The van der Waals surface area contributed by atoms with Gasteiger partial charge in [0.15, 0.2) is 0 Å². The van der Waals surface area contributed by atoms with Crippen molar-refractivity contribution in [2.45, 2.75) is 90.9 Å². The number of hydrogen-bond acceptors (Lipinski definition) is 2. The minimum absolute atomic E-state index is 0.0945. The number of nitrogens with zero attached hydrogens (tertiary/aromatic N) is 2. The van der Waals surface area contributed by atoms with Crippen molar-refractivity contribution >= 4 is 46.3 Å². The van der Waals surface area contributed by atoms with Gasteiger partial charge in [-0.05, 0) is 186 Å². The molecule has 380 valence electrons. The third kappa shape index (κ3) is 7.01. The van der Waals surface area contributed by atoms with Gasteiger partial charge in [0, 0.05) is 55.8 Å². The lowest BCUT2D eigenvalue weighted by Gasteiger charge is -2.30. The summed E-state index contributed by atoms with van der Waals surface area (Å²) < 4.78 is 0. The molecule has 0 saturated heterocycles. The summed E-state index contributed by atoms with van der Waals surface area (Å²) in [5.74, 6) is 0. The lowest BCUT2D eigenvalue weighted by atomic mass is 9.81. The summed E-state index contributed by atoms with van der Waals surface area (Å²) in [5.41, 5.74) is 33.0. The Morgan fingerprint density at radius 1 is 0.256 bits per heavy atom. The molecule has 10 aromatic carbocycles. The lowest BCUT2D eigenvalue weighted by Crippen LogP contribution is -2.18. The second-order valence-electron chi connectivity index (χ2n) is 24.7. The van der Waals surface area contributed by atoms with Crippen LogP contribution in [0.15, 0.2) is 206 Å². The zero-order chi connectivity index (χ0) is 53.6. The smallest absolute Gasteiger partial charge is 0.0490 e. The van der Waals surface area contributed by atoms with Crippen LogP contribution in [-0.2, 0) is 21.7 Å². The predicted molar refractivity (Wildman–Crippen MR) is 331 cm³/mol. The van der Waals surface area contributed by atoms with Crippen molar-refractivity contribution in [3.63, 3.8) is 0 Å². The molecule has 10 aromatic rings. The molecule has 4 aliphatic rings. The van der Waals surface area contributed by atoms with Gasteiger partial charge in [-0.3, -0.25) is 0 Å². The maximum atomic E-state index is 2.48. The van der Waals surface area contributed by atoms with E-state index in [2.05, 4.69) is 297 Å².